The summed E-state index contributed by atoms with van der Waals surface area (Å²) in [6.07, 6.45) is 1.89. The molecule has 23 heavy (non-hydrogen) atoms. The van der Waals surface area contributed by atoms with Crippen molar-refractivity contribution in [3.8, 4) is 0 Å². The molecule has 0 aromatic heterocycles. The van der Waals surface area contributed by atoms with Crippen LogP contribution < -0.4 is 11.1 Å². The molecule has 3 N–H and O–H groups in total. The van der Waals surface area contributed by atoms with Gasteiger partial charge in [-0.1, -0.05) is 27.7 Å². The molecule has 1 aliphatic heterocycles. The van der Waals surface area contributed by atoms with E-state index in [-0.39, 0.29) is 35.9 Å². The minimum Gasteiger partial charge on any atom is -0.378 e. The molecule has 0 bridgehead atoms. The number of carbonyl (C=O) groups is 1. The van der Waals surface area contributed by atoms with Gasteiger partial charge < -0.3 is 20.5 Å². The third kappa shape index (κ3) is 3.68. The molecule has 4 unspecified atom stereocenters. The number of ether oxygens (including phenoxy) is 2. The second-order valence-corrected chi connectivity index (χ2v) is 7.68. The van der Waals surface area contributed by atoms with Crippen LogP contribution in [-0.4, -0.2) is 43.4 Å². The summed E-state index contributed by atoms with van der Waals surface area (Å²) in [7, 11) is 0. The molecular weight excluding hydrogens is 316 g/mol. The topological polar surface area (TPSA) is 73.6 Å². The summed E-state index contributed by atoms with van der Waals surface area (Å²) in [4.78, 5) is 12.6. The van der Waals surface area contributed by atoms with Crippen LogP contribution in [0.5, 0.6) is 0 Å². The van der Waals surface area contributed by atoms with Gasteiger partial charge in [-0.25, -0.2) is 0 Å². The molecule has 2 fully saturated rings. The van der Waals surface area contributed by atoms with E-state index in [2.05, 4.69) is 19.2 Å². The Hall–Kier alpha value is -0.360. The fourth-order valence-corrected chi connectivity index (χ4v) is 3.81. The summed E-state index contributed by atoms with van der Waals surface area (Å²) >= 11 is 0. The number of nitrogens with two attached hydrogens (primary N) is 1. The van der Waals surface area contributed by atoms with Gasteiger partial charge in [0.25, 0.3) is 0 Å². The smallest absolute Gasteiger partial charge is 0.240 e. The highest BCUT2D eigenvalue weighted by atomic mass is 35.5. The van der Waals surface area contributed by atoms with E-state index in [1.165, 1.54) is 0 Å². The van der Waals surface area contributed by atoms with Crippen molar-refractivity contribution in [1.82, 2.24) is 5.32 Å². The molecule has 1 saturated carbocycles. The van der Waals surface area contributed by atoms with E-state index in [1.54, 1.807) is 0 Å². The molecule has 5 nitrogen and oxygen atoms in total. The van der Waals surface area contributed by atoms with Gasteiger partial charge in [0.05, 0.1) is 12.2 Å². The zero-order valence-corrected chi connectivity index (χ0v) is 15.9. The van der Waals surface area contributed by atoms with Crippen LogP contribution in [0.4, 0.5) is 0 Å². The lowest BCUT2D eigenvalue weighted by Crippen LogP contribution is -2.76. The predicted molar refractivity (Wildman–Crippen MR) is 93.7 cm³/mol. The molecule has 0 aromatic rings. The Bertz CT molecular complexity index is 417. The molecule has 6 heteroatoms. The molecule has 1 heterocycles. The molecule has 0 spiro atoms. The fraction of sp³-hybridized carbons (Fsp3) is 0.941. The largest absolute Gasteiger partial charge is 0.378 e. The summed E-state index contributed by atoms with van der Waals surface area (Å²) in [6, 6.07) is 0. The predicted octanol–water partition coefficient (Wildman–Crippen LogP) is 2.12. The molecule has 2 aliphatic rings. The zero-order valence-electron chi connectivity index (χ0n) is 15.1. The monoisotopic (exact) mass is 348 g/mol. The highest BCUT2D eigenvalue weighted by Gasteiger charge is 2.62. The average Bonchev–Trinajstić information content (AvgIpc) is 2.92. The van der Waals surface area contributed by atoms with Crippen molar-refractivity contribution in [3.05, 3.63) is 0 Å². The number of carbonyl (C=O) groups excluding carboxylic acids is 1. The Kier molecular flexibility index (Phi) is 6.91. The van der Waals surface area contributed by atoms with Gasteiger partial charge >= 0.3 is 0 Å². The number of nitrogens with one attached hydrogen (secondary N) is 1. The first-order valence-corrected chi connectivity index (χ1v) is 8.54. The van der Waals surface area contributed by atoms with Gasteiger partial charge in [-0.2, -0.15) is 0 Å². The second kappa shape index (κ2) is 7.68. The zero-order chi connectivity index (χ0) is 16.5. The van der Waals surface area contributed by atoms with Crippen LogP contribution in [0.25, 0.3) is 0 Å². The van der Waals surface area contributed by atoms with E-state index in [1.807, 2.05) is 20.8 Å². The van der Waals surface area contributed by atoms with Gasteiger partial charge in [0, 0.05) is 37.5 Å². The number of hydrogen-bond acceptors (Lipinski definition) is 4. The van der Waals surface area contributed by atoms with E-state index in [9.17, 15) is 4.79 Å². The maximum Gasteiger partial charge on any atom is 0.240 e. The first-order chi connectivity index (χ1) is 10.2. The van der Waals surface area contributed by atoms with E-state index >= 15 is 0 Å². The first kappa shape index (κ1) is 20.7. The quantitative estimate of drug-likeness (QED) is 0.771. The fourth-order valence-electron chi connectivity index (χ4n) is 3.81. The lowest BCUT2D eigenvalue weighted by atomic mass is 9.54. The normalized spacial score (nSPS) is 35.5. The molecule has 4 atom stereocenters. The van der Waals surface area contributed by atoms with Crippen molar-refractivity contribution in [1.29, 1.82) is 0 Å². The number of halogens is 1. The van der Waals surface area contributed by atoms with Crippen molar-refractivity contribution >= 4 is 18.3 Å². The van der Waals surface area contributed by atoms with Crippen molar-refractivity contribution in [2.24, 2.45) is 23.0 Å². The third-order valence-electron chi connectivity index (χ3n) is 5.68. The van der Waals surface area contributed by atoms with E-state index in [0.717, 1.165) is 13.0 Å². The Morgan fingerprint density at radius 3 is 2.61 bits per heavy atom. The lowest BCUT2D eigenvalue weighted by molar-refractivity contribution is -0.170. The van der Waals surface area contributed by atoms with Crippen LogP contribution in [0, 0.1) is 17.3 Å². The minimum absolute atomic E-state index is 0. The van der Waals surface area contributed by atoms with Crippen LogP contribution in [-0.2, 0) is 14.3 Å². The van der Waals surface area contributed by atoms with Gasteiger partial charge in [-0.3, -0.25) is 4.79 Å². The highest BCUT2D eigenvalue weighted by Crippen LogP contribution is 2.49. The van der Waals surface area contributed by atoms with Crippen molar-refractivity contribution in [3.63, 3.8) is 0 Å². The SMILES string of the molecule is CCOC1CC(N)(C(=O)NCC2CCOC2C(C)C)C1(C)C.Cl. The van der Waals surface area contributed by atoms with E-state index in [4.69, 9.17) is 15.2 Å². The van der Waals surface area contributed by atoms with Crippen molar-refractivity contribution < 1.29 is 14.3 Å². The Balaban J connectivity index is 0.00000264. The summed E-state index contributed by atoms with van der Waals surface area (Å²) in [6.45, 7) is 12.4. The number of amides is 1. The summed E-state index contributed by atoms with van der Waals surface area (Å²) in [5.74, 6) is 0.806. The van der Waals surface area contributed by atoms with Crippen LogP contribution >= 0.6 is 12.4 Å². The van der Waals surface area contributed by atoms with Crippen LogP contribution in [0.15, 0.2) is 0 Å². The molecule has 0 radical (unpaired) electrons. The molecule has 0 aromatic carbocycles. The van der Waals surface area contributed by atoms with Gasteiger partial charge in [0.1, 0.15) is 5.54 Å². The van der Waals surface area contributed by atoms with Crippen LogP contribution in [0.1, 0.15) is 47.5 Å². The minimum atomic E-state index is -0.834. The van der Waals surface area contributed by atoms with Crippen LogP contribution in [0.2, 0.25) is 0 Å². The average molecular weight is 349 g/mol. The van der Waals surface area contributed by atoms with Crippen molar-refractivity contribution in [2.75, 3.05) is 19.8 Å². The van der Waals surface area contributed by atoms with E-state index < -0.39 is 5.54 Å². The second-order valence-electron chi connectivity index (χ2n) is 7.68. The van der Waals surface area contributed by atoms with Gasteiger partial charge in [0.2, 0.25) is 5.91 Å². The highest BCUT2D eigenvalue weighted by molar-refractivity contribution is 5.88. The maximum absolute atomic E-state index is 12.6. The molecule has 1 amide bonds. The Labute approximate surface area is 146 Å². The lowest BCUT2D eigenvalue weighted by Gasteiger charge is -2.57. The standard InChI is InChI=1S/C17H32N2O3.ClH/c1-6-21-13-9-17(18,16(13,4)5)15(20)19-10-12-7-8-22-14(12)11(2)3;/h11-14H,6-10,18H2,1-5H3,(H,19,20);1H. The summed E-state index contributed by atoms with van der Waals surface area (Å²) < 4.78 is 11.5. The van der Waals surface area contributed by atoms with Crippen LogP contribution in [0.3, 0.4) is 0 Å². The Morgan fingerprint density at radius 1 is 1.43 bits per heavy atom. The molecule has 1 saturated heterocycles. The maximum atomic E-state index is 12.6. The van der Waals surface area contributed by atoms with Gasteiger partial charge in [0.15, 0.2) is 0 Å². The Morgan fingerprint density at radius 2 is 2.09 bits per heavy atom. The number of rotatable bonds is 6. The molecular formula is C17H33ClN2O3. The third-order valence-corrected chi connectivity index (χ3v) is 5.68. The molecule has 1 aliphatic carbocycles. The number of hydrogen-bond donors (Lipinski definition) is 2. The summed E-state index contributed by atoms with van der Waals surface area (Å²) in [5, 5.41) is 3.07. The van der Waals surface area contributed by atoms with E-state index in [0.29, 0.717) is 31.4 Å². The van der Waals surface area contributed by atoms with Gasteiger partial charge in [-0.05, 0) is 19.3 Å². The summed E-state index contributed by atoms with van der Waals surface area (Å²) in [5.41, 5.74) is 5.23. The molecule has 2 rings (SSSR count). The van der Waals surface area contributed by atoms with Crippen molar-refractivity contribution in [2.45, 2.75) is 65.2 Å². The van der Waals surface area contributed by atoms with Gasteiger partial charge in [-0.15, -0.1) is 12.4 Å². The first-order valence-electron chi connectivity index (χ1n) is 8.54. The molecule has 136 valence electrons.